The number of aliphatic hydroxyl groups excluding tert-OH is 1. The first-order valence-corrected chi connectivity index (χ1v) is 7.64. The van der Waals surface area contributed by atoms with Crippen molar-refractivity contribution in [3.63, 3.8) is 0 Å². The highest BCUT2D eigenvalue weighted by atomic mass is 31.2. The minimum atomic E-state index is -4.69. The van der Waals surface area contributed by atoms with Gasteiger partial charge in [-0.1, -0.05) is 0 Å². The molecule has 0 bridgehead atoms. The van der Waals surface area contributed by atoms with E-state index >= 15 is 0 Å². The van der Waals surface area contributed by atoms with Gasteiger partial charge in [0.25, 0.3) is 5.56 Å². The van der Waals surface area contributed by atoms with Gasteiger partial charge in [-0.15, -0.1) is 0 Å². The Morgan fingerprint density at radius 3 is 2.90 bits per heavy atom. The molecule has 11 heteroatoms. The fraction of sp³-hybridized carbons (Fsp3) is 0.600. The average molecular weight is 321 g/mol. The van der Waals surface area contributed by atoms with Crippen LogP contribution in [0.5, 0.6) is 0 Å². The van der Waals surface area contributed by atoms with Crippen LogP contribution in [0.2, 0.25) is 0 Å². The zero-order chi connectivity index (χ0) is 15.6. The van der Waals surface area contributed by atoms with Crippen molar-refractivity contribution in [3.05, 3.63) is 22.6 Å². The molecule has 0 spiro atoms. The lowest BCUT2D eigenvalue weighted by molar-refractivity contribution is -0.0434. The van der Waals surface area contributed by atoms with Gasteiger partial charge in [0.05, 0.1) is 6.61 Å². The Morgan fingerprint density at radius 1 is 1.62 bits per heavy atom. The predicted molar refractivity (Wildman–Crippen MR) is 70.6 cm³/mol. The van der Waals surface area contributed by atoms with Gasteiger partial charge < -0.3 is 24.9 Å². The van der Waals surface area contributed by atoms with Crippen molar-refractivity contribution in [1.82, 2.24) is 9.55 Å². The molecule has 0 radical (unpaired) electrons. The van der Waals surface area contributed by atoms with Crippen LogP contribution >= 0.6 is 7.82 Å². The Morgan fingerprint density at radius 2 is 2.33 bits per heavy atom. The van der Waals surface area contributed by atoms with E-state index in [-0.39, 0.29) is 12.4 Å². The van der Waals surface area contributed by atoms with Crippen molar-refractivity contribution in [1.29, 1.82) is 0 Å². The van der Waals surface area contributed by atoms with E-state index in [0.717, 1.165) is 0 Å². The van der Waals surface area contributed by atoms with Gasteiger partial charge in [0, 0.05) is 25.7 Å². The number of hydrogen-bond acceptors (Lipinski definition) is 7. The summed E-state index contributed by atoms with van der Waals surface area (Å²) in [5, 5.41) is 11.9. The van der Waals surface area contributed by atoms with E-state index in [1.54, 1.807) is 7.05 Å². The topological polar surface area (TPSA) is 143 Å². The highest BCUT2D eigenvalue weighted by Crippen LogP contribution is 2.43. The van der Waals surface area contributed by atoms with Gasteiger partial charge in [-0.25, -0.2) is 4.57 Å². The van der Waals surface area contributed by atoms with E-state index < -0.39 is 38.4 Å². The Kier molecular flexibility index (Phi) is 4.77. The molecule has 118 valence electrons. The summed E-state index contributed by atoms with van der Waals surface area (Å²) in [4.78, 5) is 32.7. The van der Waals surface area contributed by atoms with Crippen LogP contribution in [0, 0.1) is 0 Å². The van der Waals surface area contributed by atoms with Crippen LogP contribution in [0.15, 0.2) is 17.1 Å². The Bertz CT molecular complexity index is 601. The highest BCUT2D eigenvalue weighted by Gasteiger charge is 2.40. The predicted octanol–water partition coefficient (Wildman–Crippen LogP) is -0.957. The Balaban J connectivity index is 2.23. The number of nitrogens with zero attached hydrogens (tertiary/aromatic N) is 2. The summed E-state index contributed by atoms with van der Waals surface area (Å²) in [7, 11) is -3.12. The molecule has 1 fully saturated rings. The molecule has 0 aliphatic carbocycles. The number of ether oxygens (including phenoxy) is 1. The van der Waals surface area contributed by atoms with Crippen molar-refractivity contribution < 1.29 is 28.7 Å². The number of phosphoric acid groups is 1. The quantitative estimate of drug-likeness (QED) is 0.504. The van der Waals surface area contributed by atoms with Crippen LogP contribution < -0.4 is 10.9 Å². The molecule has 1 aliphatic rings. The minimum absolute atomic E-state index is 0.0928. The molecule has 2 rings (SSSR count). The molecule has 1 aromatic heterocycles. The normalized spacial score (nSPS) is 26.0. The summed E-state index contributed by atoms with van der Waals surface area (Å²) >= 11 is 0. The molecule has 1 aromatic rings. The molecular formula is C10H16N3O7P. The highest BCUT2D eigenvalue weighted by molar-refractivity contribution is 7.46. The maximum Gasteiger partial charge on any atom is 0.469 e. The van der Waals surface area contributed by atoms with E-state index in [0.29, 0.717) is 0 Å². The van der Waals surface area contributed by atoms with Crippen LogP contribution in [-0.2, 0) is 13.8 Å². The van der Waals surface area contributed by atoms with Crippen LogP contribution in [-0.4, -0.2) is 50.3 Å². The van der Waals surface area contributed by atoms with E-state index in [2.05, 4.69) is 14.8 Å². The molecular weight excluding hydrogens is 305 g/mol. The molecule has 1 saturated heterocycles. The zero-order valence-corrected chi connectivity index (χ0v) is 12.0. The van der Waals surface area contributed by atoms with Gasteiger partial charge in [-0.3, -0.25) is 13.9 Å². The largest absolute Gasteiger partial charge is 0.469 e. The summed E-state index contributed by atoms with van der Waals surface area (Å²) in [6.45, 7) is -0.455. The third-order valence-electron chi connectivity index (χ3n) is 3.01. The lowest BCUT2D eigenvalue weighted by Crippen LogP contribution is -2.27. The van der Waals surface area contributed by atoms with Crippen molar-refractivity contribution in [2.45, 2.75) is 24.9 Å². The van der Waals surface area contributed by atoms with Crippen LogP contribution in [0.3, 0.4) is 0 Å². The smallest absolute Gasteiger partial charge is 0.394 e. The van der Waals surface area contributed by atoms with Gasteiger partial charge >= 0.3 is 7.82 Å². The third-order valence-corrected chi connectivity index (χ3v) is 3.55. The Hall–Kier alpha value is -1.29. The molecule has 0 aromatic carbocycles. The number of rotatable bonds is 5. The monoisotopic (exact) mass is 321 g/mol. The number of aliphatic hydroxyl groups is 1. The number of nitrogens with one attached hydrogen (secondary N) is 1. The summed E-state index contributed by atoms with van der Waals surface area (Å²) < 4.78 is 22.5. The molecule has 0 amide bonds. The lowest BCUT2D eigenvalue weighted by atomic mass is 10.2. The summed E-state index contributed by atoms with van der Waals surface area (Å²) in [6.07, 6.45) is -0.985. The molecule has 2 heterocycles. The van der Waals surface area contributed by atoms with Crippen molar-refractivity contribution in [3.8, 4) is 0 Å². The van der Waals surface area contributed by atoms with Crippen molar-refractivity contribution in [2.75, 3.05) is 19.0 Å². The third kappa shape index (κ3) is 3.88. The van der Waals surface area contributed by atoms with Gasteiger partial charge in [0.2, 0.25) is 5.95 Å². The average Bonchev–Trinajstić information content (AvgIpc) is 2.79. The van der Waals surface area contributed by atoms with E-state index in [9.17, 15) is 14.5 Å². The summed E-state index contributed by atoms with van der Waals surface area (Å²) in [5.41, 5.74) is -0.435. The van der Waals surface area contributed by atoms with Crippen molar-refractivity contribution in [2.24, 2.45) is 0 Å². The van der Waals surface area contributed by atoms with E-state index in [1.165, 1.54) is 16.8 Å². The maximum absolute atomic E-state index is 11.2. The number of aromatic nitrogens is 2. The van der Waals surface area contributed by atoms with Gasteiger partial charge in [-0.2, -0.15) is 4.98 Å². The molecule has 21 heavy (non-hydrogen) atoms. The van der Waals surface area contributed by atoms with Crippen LogP contribution in [0.4, 0.5) is 5.95 Å². The van der Waals surface area contributed by atoms with Crippen LogP contribution in [0.1, 0.15) is 12.6 Å². The maximum atomic E-state index is 11.2. The minimum Gasteiger partial charge on any atom is -0.394 e. The molecule has 3 atom stereocenters. The lowest BCUT2D eigenvalue weighted by Gasteiger charge is -2.18. The van der Waals surface area contributed by atoms with Gasteiger partial charge in [-0.05, 0) is 0 Å². The van der Waals surface area contributed by atoms with Crippen LogP contribution in [0.25, 0.3) is 0 Å². The molecule has 4 N–H and O–H groups in total. The van der Waals surface area contributed by atoms with E-state index in [1.807, 2.05) is 0 Å². The first kappa shape index (κ1) is 16.1. The number of phosphoric ester groups is 1. The second-order valence-corrected chi connectivity index (χ2v) is 5.62. The SMILES string of the molecule is CNc1nc(=O)ccn1[C@H]1C[C@H](OP(=O)(O)O)[C@@H](CO)O1. The number of anilines is 1. The second-order valence-electron chi connectivity index (χ2n) is 4.43. The summed E-state index contributed by atoms with van der Waals surface area (Å²) in [5.74, 6) is 0.237. The van der Waals surface area contributed by atoms with E-state index in [4.69, 9.17) is 14.5 Å². The van der Waals surface area contributed by atoms with Gasteiger partial charge in [0.1, 0.15) is 18.4 Å². The molecule has 1 aliphatic heterocycles. The fourth-order valence-corrected chi connectivity index (χ4v) is 2.73. The molecule has 0 unspecified atom stereocenters. The second kappa shape index (κ2) is 6.22. The number of hydrogen-bond donors (Lipinski definition) is 4. The standard InChI is InChI=1S/C10H16N3O7P/c1-11-10-12-8(15)2-3-13(10)9-4-6(7(5-14)19-9)20-21(16,17)18/h2-3,6-7,9,14H,4-5H2,1H3,(H,11,12,15)(H2,16,17,18)/t6-,7+,9+/m0/s1. The molecule has 10 nitrogen and oxygen atoms in total. The fourth-order valence-electron chi connectivity index (χ4n) is 2.15. The molecule has 0 saturated carbocycles. The van der Waals surface area contributed by atoms with Crippen molar-refractivity contribution >= 4 is 13.8 Å². The first-order chi connectivity index (χ1) is 9.84. The van der Waals surface area contributed by atoms with Gasteiger partial charge in [0.15, 0.2) is 0 Å². The zero-order valence-electron chi connectivity index (χ0n) is 11.1. The summed E-state index contributed by atoms with van der Waals surface area (Å²) in [6, 6.07) is 1.23. The Labute approximate surface area is 119 Å². The first-order valence-electron chi connectivity index (χ1n) is 6.11.